The molecule has 0 spiro atoms. The first kappa shape index (κ1) is 10.9. The van der Waals surface area contributed by atoms with Gasteiger partial charge in [-0.05, 0) is 48.2 Å². The van der Waals surface area contributed by atoms with Crippen molar-refractivity contribution in [2.75, 3.05) is 0 Å². The monoisotopic (exact) mass is 242 g/mol. The fraction of sp³-hybridized carbons (Fsp3) is 0.200. The van der Waals surface area contributed by atoms with E-state index >= 15 is 0 Å². The molecule has 2 heteroatoms. The van der Waals surface area contributed by atoms with Gasteiger partial charge in [0, 0.05) is 9.79 Å². The first-order valence-electron chi connectivity index (χ1n) is 5.72. The van der Waals surface area contributed by atoms with E-state index in [1.807, 2.05) is 12.1 Å². The molecule has 0 atom stereocenters. The van der Waals surface area contributed by atoms with E-state index in [9.17, 15) is 5.11 Å². The summed E-state index contributed by atoms with van der Waals surface area (Å²) in [7, 11) is 0. The van der Waals surface area contributed by atoms with Gasteiger partial charge < -0.3 is 5.11 Å². The van der Waals surface area contributed by atoms with Crippen molar-refractivity contribution < 1.29 is 5.11 Å². The molecular formula is C15H14OS. The van der Waals surface area contributed by atoms with Gasteiger partial charge in [-0.2, -0.15) is 0 Å². The van der Waals surface area contributed by atoms with Gasteiger partial charge in [0.25, 0.3) is 0 Å². The zero-order valence-electron chi connectivity index (χ0n) is 9.90. The first-order valence-corrected chi connectivity index (χ1v) is 6.54. The number of fused-ring (bicyclic) bond motifs is 2. The van der Waals surface area contributed by atoms with Gasteiger partial charge in [0.15, 0.2) is 0 Å². The highest BCUT2D eigenvalue weighted by molar-refractivity contribution is 7.99. The molecule has 2 aromatic carbocycles. The lowest BCUT2D eigenvalue weighted by Gasteiger charge is -2.24. The second kappa shape index (κ2) is 3.90. The average Bonchev–Trinajstić information content (AvgIpc) is 2.28. The van der Waals surface area contributed by atoms with E-state index in [4.69, 9.17) is 0 Å². The third-order valence-corrected chi connectivity index (χ3v) is 4.29. The lowest BCUT2D eigenvalue weighted by molar-refractivity contribution is 0.213. The van der Waals surface area contributed by atoms with Crippen molar-refractivity contribution in [1.29, 1.82) is 0 Å². The molecule has 1 nitrogen and oxygen atoms in total. The molecule has 0 unspecified atom stereocenters. The maximum atomic E-state index is 10.4. The van der Waals surface area contributed by atoms with Gasteiger partial charge in [-0.1, -0.05) is 36.0 Å². The predicted molar refractivity (Wildman–Crippen MR) is 70.5 cm³/mol. The fourth-order valence-corrected chi connectivity index (χ4v) is 3.52. The molecule has 2 aromatic rings. The summed E-state index contributed by atoms with van der Waals surface area (Å²) < 4.78 is 0. The van der Waals surface area contributed by atoms with Crippen LogP contribution < -0.4 is 0 Å². The van der Waals surface area contributed by atoms with Gasteiger partial charge in [0.1, 0.15) is 6.10 Å². The number of aryl methyl sites for hydroxylation is 2. The summed E-state index contributed by atoms with van der Waals surface area (Å²) in [5.41, 5.74) is 4.52. The van der Waals surface area contributed by atoms with Crippen molar-refractivity contribution in [3.63, 3.8) is 0 Å². The van der Waals surface area contributed by atoms with Crippen LogP contribution in [-0.4, -0.2) is 5.11 Å². The lowest BCUT2D eigenvalue weighted by atomic mass is 9.99. The Hall–Kier alpha value is -1.25. The van der Waals surface area contributed by atoms with Crippen molar-refractivity contribution in [2.24, 2.45) is 0 Å². The summed E-state index contributed by atoms with van der Waals surface area (Å²) in [6, 6.07) is 12.5. The second-order valence-corrected chi connectivity index (χ2v) is 5.67. The molecule has 0 bridgehead atoms. The fourth-order valence-electron chi connectivity index (χ4n) is 2.20. The molecule has 86 valence electrons. The Kier molecular flexibility index (Phi) is 2.49. The van der Waals surface area contributed by atoms with Crippen LogP contribution in [0.4, 0.5) is 0 Å². The highest BCUT2D eigenvalue weighted by Crippen LogP contribution is 2.45. The molecule has 1 heterocycles. The Balaban J connectivity index is 2.17. The molecule has 0 saturated heterocycles. The number of aliphatic hydroxyl groups is 1. The lowest BCUT2D eigenvalue weighted by Crippen LogP contribution is -2.07. The maximum Gasteiger partial charge on any atom is 0.106 e. The molecule has 1 N–H and O–H groups in total. The van der Waals surface area contributed by atoms with Crippen molar-refractivity contribution in [1.82, 2.24) is 0 Å². The number of benzene rings is 2. The van der Waals surface area contributed by atoms with Crippen LogP contribution in [-0.2, 0) is 0 Å². The van der Waals surface area contributed by atoms with Gasteiger partial charge in [0.2, 0.25) is 0 Å². The molecule has 3 rings (SSSR count). The van der Waals surface area contributed by atoms with Crippen LogP contribution in [0.5, 0.6) is 0 Å². The Bertz CT molecular complexity index is 538. The van der Waals surface area contributed by atoms with Crippen LogP contribution in [0.2, 0.25) is 0 Å². The summed E-state index contributed by atoms with van der Waals surface area (Å²) in [4.78, 5) is 2.35. The number of rotatable bonds is 0. The van der Waals surface area contributed by atoms with Crippen molar-refractivity contribution in [3.8, 4) is 0 Å². The zero-order chi connectivity index (χ0) is 12.0. The molecular weight excluding hydrogens is 228 g/mol. The number of hydrogen-bond acceptors (Lipinski definition) is 2. The molecule has 0 aliphatic carbocycles. The minimum absolute atomic E-state index is 0.484. The average molecular weight is 242 g/mol. The Labute approximate surface area is 105 Å². The molecule has 0 saturated carbocycles. The van der Waals surface area contributed by atoms with Gasteiger partial charge >= 0.3 is 0 Å². The molecule has 1 aliphatic heterocycles. The number of hydrogen-bond donors (Lipinski definition) is 1. The summed E-state index contributed by atoms with van der Waals surface area (Å²) in [6.45, 7) is 4.16. The predicted octanol–water partition coefficient (Wildman–Crippen LogP) is 3.85. The summed E-state index contributed by atoms with van der Waals surface area (Å²) in [5, 5.41) is 10.4. The maximum absolute atomic E-state index is 10.4. The van der Waals surface area contributed by atoms with Crippen LogP contribution in [0.1, 0.15) is 28.4 Å². The molecule has 0 radical (unpaired) electrons. The first-order chi connectivity index (χ1) is 8.15. The molecule has 1 aliphatic rings. The van der Waals surface area contributed by atoms with Crippen LogP contribution >= 0.6 is 11.8 Å². The third kappa shape index (κ3) is 1.78. The molecule has 0 aromatic heterocycles. The van der Waals surface area contributed by atoms with Gasteiger partial charge in [0.05, 0.1) is 0 Å². The summed E-state index contributed by atoms with van der Waals surface area (Å²) in [6.07, 6.45) is -0.484. The van der Waals surface area contributed by atoms with Gasteiger partial charge in [-0.3, -0.25) is 0 Å². The van der Waals surface area contributed by atoms with Crippen LogP contribution in [0.15, 0.2) is 46.2 Å². The minimum atomic E-state index is -0.484. The van der Waals surface area contributed by atoms with E-state index in [0.717, 1.165) is 11.1 Å². The SMILES string of the molecule is Cc1ccc2c(c1)Sc1cc(C)ccc1C2O. The van der Waals surface area contributed by atoms with Gasteiger partial charge in [-0.25, -0.2) is 0 Å². The van der Waals surface area contributed by atoms with E-state index in [0.29, 0.717) is 0 Å². The van der Waals surface area contributed by atoms with Crippen LogP contribution in [0.3, 0.4) is 0 Å². The summed E-state index contributed by atoms with van der Waals surface area (Å²) in [5.74, 6) is 0. The van der Waals surface area contributed by atoms with Crippen molar-refractivity contribution in [2.45, 2.75) is 29.7 Å². The topological polar surface area (TPSA) is 20.2 Å². The standard InChI is InChI=1S/C15H14OS/c1-9-3-5-11-13(7-9)17-14-8-10(2)4-6-12(14)15(11)16/h3-8,15-16H,1-2H3. The van der Waals surface area contributed by atoms with E-state index in [1.165, 1.54) is 20.9 Å². The number of aliphatic hydroxyl groups excluding tert-OH is 1. The van der Waals surface area contributed by atoms with E-state index in [-0.39, 0.29) is 0 Å². The largest absolute Gasteiger partial charge is 0.384 e. The third-order valence-electron chi connectivity index (χ3n) is 3.15. The molecule has 0 fully saturated rings. The summed E-state index contributed by atoms with van der Waals surface area (Å²) >= 11 is 1.75. The highest BCUT2D eigenvalue weighted by atomic mass is 32.2. The van der Waals surface area contributed by atoms with Crippen LogP contribution in [0.25, 0.3) is 0 Å². The van der Waals surface area contributed by atoms with Gasteiger partial charge in [-0.15, -0.1) is 0 Å². The second-order valence-electron chi connectivity index (χ2n) is 4.59. The minimum Gasteiger partial charge on any atom is -0.384 e. The quantitative estimate of drug-likeness (QED) is 0.757. The van der Waals surface area contributed by atoms with E-state index in [1.54, 1.807) is 11.8 Å². The highest BCUT2D eigenvalue weighted by Gasteiger charge is 2.24. The van der Waals surface area contributed by atoms with Crippen LogP contribution in [0, 0.1) is 13.8 Å². The van der Waals surface area contributed by atoms with Crippen molar-refractivity contribution >= 4 is 11.8 Å². The van der Waals surface area contributed by atoms with Crippen molar-refractivity contribution in [3.05, 3.63) is 58.7 Å². The Morgan fingerprint density at radius 2 is 1.35 bits per heavy atom. The normalized spacial score (nSPS) is 14.3. The Morgan fingerprint density at radius 3 is 1.82 bits per heavy atom. The molecule has 17 heavy (non-hydrogen) atoms. The van der Waals surface area contributed by atoms with E-state index in [2.05, 4.69) is 38.1 Å². The molecule has 0 amide bonds. The zero-order valence-corrected chi connectivity index (χ0v) is 10.7. The van der Waals surface area contributed by atoms with E-state index < -0.39 is 6.10 Å². The smallest absolute Gasteiger partial charge is 0.106 e. The Morgan fingerprint density at radius 1 is 0.882 bits per heavy atom.